The number of ether oxygens (including phenoxy) is 1. The Morgan fingerprint density at radius 2 is 1.61 bits per heavy atom. The van der Waals surface area contributed by atoms with Gasteiger partial charge in [0.1, 0.15) is 18.3 Å². The molecule has 4 atom stereocenters. The largest absolute Gasteiger partial charge is 0.408 e. The number of alkyl halides is 3. The molecule has 202 valence electrons. The van der Waals surface area contributed by atoms with Crippen molar-refractivity contribution >= 4 is 11.7 Å². The van der Waals surface area contributed by atoms with E-state index in [4.69, 9.17) is 4.74 Å². The fraction of sp³-hybridized carbons (Fsp3) is 0.429. The second kappa shape index (κ2) is 10.2. The van der Waals surface area contributed by atoms with E-state index in [2.05, 4.69) is 0 Å². The van der Waals surface area contributed by atoms with E-state index in [-0.39, 0.29) is 13.0 Å². The number of amides is 1. The van der Waals surface area contributed by atoms with Gasteiger partial charge in [-0.15, -0.1) is 0 Å². The van der Waals surface area contributed by atoms with Crippen LogP contribution in [0.5, 0.6) is 0 Å². The Labute approximate surface area is 219 Å². The number of aliphatic hydroxyl groups excluding tert-OH is 1. The SMILES string of the molecule is COCC[C@@H]1N([C@H](C)C(F)(F)F)C(=O)C2C(O)C(=O)C=CN2N1C1c2ccccc2CCc2ccccc21. The Kier molecular flexibility index (Phi) is 7.06. The number of nitrogens with zero attached hydrogens (tertiary/aromatic N) is 3. The number of methoxy groups -OCH3 is 1. The van der Waals surface area contributed by atoms with Crippen LogP contribution in [0, 0.1) is 0 Å². The number of hydrazine groups is 1. The van der Waals surface area contributed by atoms with Gasteiger partial charge < -0.3 is 14.7 Å². The predicted molar refractivity (Wildman–Crippen MR) is 132 cm³/mol. The monoisotopic (exact) mass is 529 g/mol. The van der Waals surface area contributed by atoms with Crippen LogP contribution in [-0.2, 0) is 27.2 Å². The molecule has 38 heavy (non-hydrogen) atoms. The van der Waals surface area contributed by atoms with Crippen molar-refractivity contribution in [2.45, 2.75) is 62.8 Å². The van der Waals surface area contributed by atoms with Gasteiger partial charge in [-0.2, -0.15) is 18.2 Å². The molecule has 0 spiro atoms. The minimum Gasteiger partial charge on any atom is -0.385 e. The molecule has 0 radical (unpaired) electrons. The molecule has 2 heterocycles. The lowest BCUT2D eigenvalue weighted by molar-refractivity contribution is -0.244. The fourth-order valence-corrected chi connectivity index (χ4v) is 5.88. The number of hydrogen-bond donors (Lipinski definition) is 1. The topological polar surface area (TPSA) is 73.3 Å². The van der Waals surface area contributed by atoms with E-state index < -0.39 is 48.3 Å². The highest BCUT2D eigenvalue weighted by molar-refractivity contribution is 6.00. The summed E-state index contributed by atoms with van der Waals surface area (Å²) in [6.07, 6.45) is -3.49. The summed E-state index contributed by atoms with van der Waals surface area (Å²) in [5.74, 6) is -1.68. The van der Waals surface area contributed by atoms with Crippen molar-refractivity contribution in [2.75, 3.05) is 13.7 Å². The maximum atomic E-state index is 14.2. The van der Waals surface area contributed by atoms with E-state index >= 15 is 0 Å². The van der Waals surface area contributed by atoms with Crippen LogP contribution in [-0.4, -0.2) is 76.0 Å². The maximum absolute atomic E-state index is 14.2. The lowest BCUT2D eigenvalue weighted by Crippen LogP contribution is -2.74. The molecule has 1 N–H and O–H groups in total. The summed E-state index contributed by atoms with van der Waals surface area (Å²) in [5.41, 5.74) is 3.88. The maximum Gasteiger partial charge on any atom is 0.408 e. The molecule has 0 aromatic heterocycles. The van der Waals surface area contributed by atoms with Crippen molar-refractivity contribution in [1.29, 1.82) is 0 Å². The fourth-order valence-electron chi connectivity index (χ4n) is 5.88. The van der Waals surface area contributed by atoms with E-state index in [1.165, 1.54) is 24.4 Å². The highest BCUT2D eigenvalue weighted by Gasteiger charge is 2.57. The van der Waals surface area contributed by atoms with Crippen LogP contribution in [0.4, 0.5) is 13.2 Å². The smallest absolute Gasteiger partial charge is 0.385 e. The average Bonchev–Trinajstić information content (AvgIpc) is 3.05. The minimum atomic E-state index is -4.73. The van der Waals surface area contributed by atoms with Crippen LogP contribution in [0.2, 0.25) is 0 Å². The molecule has 2 unspecified atom stereocenters. The summed E-state index contributed by atoms with van der Waals surface area (Å²) in [6, 6.07) is 11.3. The molecule has 2 aromatic carbocycles. The quantitative estimate of drug-likeness (QED) is 0.641. The van der Waals surface area contributed by atoms with Gasteiger partial charge in [-0.3, -0.25) is 14.6 Å². The molecule has 0 bridgehead atoms. The number of aliphatic hydroxyl groups is 1. The number of fused-ring (bicyclic) bond motifs is 3. The van der Waals surface area contributed by atoms with Gasteiger partial charge in [-0.05, 0) is 42.0 Å². The molecular formula is C28H30F3N3O4. The minimum absolute atomic E-state index is 0.0740. The third-order valence-corrected chi connectivity index (χ3v) is 7.77. The Morgan fingerprint density at radius 1 is 1.03 bits per heavy atom. The summed E-state index contributed by atoms with van der Waals surface area (Å²) in [5, 5.41) is 14.1. The Hall–Kier alpha value is -3.21. The lowest BCUT2D eigenvalue weighted by atomic mass is 9.91. The zero-order valence-corrected chi connectivity index (χ0v) is 21.1. The Bertz CT molecular complexity index is 1200. The summed E-state index contributed by atoms with van der Waals surface area (Å²) in [7, 11) is 1.45. The first-order chi connectivity index (χ1) is 18.1. The first-order valence-electron chi connectivity index (χ1n) is 12.6. The third kappa shape index (κ3) is 4.40. The number of rotatable bonds is 5. The third-order valence-electron chi connectivity index (χ3n) is 7.77. The molecule has 1 fully saturated rings. The summed E-state index contributed by atoms with van der Waals surface area (Å²) in [4.78, 5) is 27.0. The zero-order chi connectivity index (χ0) is 27.2. The first-order valence-corrected chi connectivity index (χ1v) is 12.6. The lowest BCUT2D eigenvalue weighted by Gasteiger charge is -2.58. The number of carbonyl (C=O) groups is 2. The summed E-state index contributed by atoms with van der Waals surface area (Å²) in [6.45, 7) is 1.03. The Morgan fingerprint density at radius 3 is 2.16 bits per heavy atom. The van der Waals surface area contributed by atoms with Crippen LogP contribution in [0.1, 0.15) is 41.6 Å². The van der Waals surface area contributed by atoms with Crippen molar-refractivity contribution in [3.8, 4) is 0 Å². The van der Waals surface area contributed by atoms with Gasteiger partial charge >= 0.3 is 6.18 Å². The number of benzene rings is 2. The molecule has 10 heteroatoms. The molecular weight excluding hydrogens is 499 g/mol. The molecule has 5 rings (SSSR count). The second-order valence-electron chi connectivity index (χ2n) is 9.89. The van der Waals surface area contributed by atoms with Gasteiger partial charge in [0.05, 0.1) is 6.04 Å². The number of carbonyl (C=O) groups excluding carboxylic acids is 2. The highest BCUT2D eigenvalue weighted by atomic mass is 19.4. The van der Waals surface area contributed by atoms with Gasteiger partial charge in [-0.25, -0.2) is 0 Å². The first kappa shape index (κ1) is 26.4. The predicted octanol–water partition coefficient (Wildman–Crippen LogP) is 3.38. The molecule has 7 nitrogen and oxygen atoms in total. The molecule has 1 saturated heterocycles. The van der Waals surface area contributed by atoms with E-state index in [0.717, 1.165) is 46.9 Å². The van der Waals surface area contributed by atoms with Crippen LogP contribution in [0.15, 0.2) is 60.8 Å². The molecule has 2 aromatic rings. The van der Waals surface area contributed by atoms with Crippen molar-refractivity contribution in [3.05, 3.63) is 83.1 Å². The Balaban J connectivity index is 1.77. The number of ketones is 1. The van der Waals surface area contributed by atoms with Gasteiger partial charge in [0.25, 0.3) is 5.91 Å². The van der Waals surface area contributed by atoms with Crippen molar-refractivity contribution in [1.82, 2.24) is 14.9 Å². The molecule has 3 aliphatic rings. The highest BCUT2D eigenvalue weighted by Crippen LogP contribution is 2.44. The van der Waals surface area contributed by atoms with Crippen LogP contribution >= 0.6 is 0 Å². The standard InChI is InChI=1S/C28H30F3N3O4/c1-17(28(29,30)31)33-23(14-16-38-2)34(32-15-13-22(35)26(36)25(32)27(33)37)24-20-9-5-3-7-18(20)11-12-19-8-4-6-10-21(19)24/h3-10,13,15,17,23-26,36H,11-12,14,16H2,1-2H3/t17-,23-,25?,26?/m1/s1. The molecule has 1 amide bonds. The summed E-state index contributed by atoms with van der Waals surface area (Å²) < 4.78 is 47.9. The normalized spacial score (nSPS) is 25.1. The number of halogens is 3. The van der Waals surface area contributed by atoms with E-state index in [1.807, 2.05) is 48.5 Å². The van der Waals surface area contributed by atoms with Crippen LogP contribution < -0.4 is 0 Å². The molecule has 1 aliphatic carbocycles. The van der Waals surface area contributed by atoms with Gasteiger partial charge in [0.15, 0.2) is 11.8 Å². The second-order valence-corrected chi connectivity index (χ2v) is 9.89. The van der Waals surface area contributed by atoms with Crippen LogP contribution in [0.25, 0.3) is 0 Å². The van der Waals surface area contributed by atoms with Gasteiger partial charge in [0, 0.05) is 32.4 Å². The van der Waals surface area contributed by atoms with Crippen LogP contribution in [0.3, 0.4) is 0 Å². The van der Waals surface area contributed by atoms with Gasteiger partial charge in [0.2, 0.25) is 0 Å². The molecule has 0 saturated carbocycles. The zero-order valence-electron chi connectivity index (χ0n) is 21.1. The van der Waals surface area contributed by atoms with Crippen molar-refractivity contribution in [3.63, 3.8) is 0 Å². The van der Waals surface area contributed by atoms with Crippen molar-refractivity contribution < 1.29 is 32.6 Å². The molecule has 2 aliphatic heterocycles. The van der Waals surface area contributed by atoms with Crippen molar-refractivity contribution in [2.24, 2.45) is 0 Å². The van der Waals surface area contributed by atoms with E-state index in [1.54, 1.807) is 5.01 Å². The van der Waals surface area contributed by atoms with E-state index in [9.17, 15) is 27.9 Å². The van der Waals surface area contributed by atoms with Gasteiger partial charge in [-0.1, -0.05) is 48.5 Å². The van der Waals surface area contributed by atoms with E-state index in [0.29, 0.717) is 0 Å². The summed E-state index contributed by atoms with van der Waals surface area (Å²) >= 11 is 0. The number of hydrogen-bond acceptors (Lipinski definition) is 6. The number of aryl methyl sites for hydroxylation is 2. The average molecular weight is 530 g/mol.